The van der Waals surface area contributed by atoms with E-state index in [4.69, 9.17) is 11.6 Å². The summed E-state index contributed by atoms with van der Waals surface area (Å²) in [6.45, 7) is 9.02. The lowest BCUT2D eigenvalue weighted by Crippen LogP contribution is -2.08. The minimum absolute atomic E-state index is 0.422. The average molecular weight is 686 g/mol. The first-order valence-corrected chi connectivity index (χ1v) is 17.9. The topological polar surface area (TPSA) is 50.9 Å². The van der Waals surface area contributed by atoms with Gasteiger partial charge in [-0.3, -0.25) is 4.98 Å². The van der Waals surface area contributed by atoms with E-state index >= 15 is 0 Å². The van der Waals surface area contributed by atoms with Gasteiger partial charge in [0.1, 0.15) is 6.07 Å². The second kappa shape index (κ2) is 11.4. The molecule has 54 heavy (non-hydrogen) atoms. The quantitative estimate of drug-likeness (QED) is 0.137. The molecule has 0 aliphatic rings. The number of hydrogen-bond donors (Lipinski definition) is 0. The molecule has 0 radical (unpaired) electrons. The third kappa shape index (κ3) is 3.93. The predicted molar refractivity (Wildman–Crippen MR) is 221 cm³/mol. The standard InChI is InChI=1S/C49H27N5/c1-51-47-42(30-15-4-2-5-16-30)37(29-50)48(53-38-24-10-8-19-32(38)33-20-9-11-25-39(33)53)43(31-17-6-3-7-18-31)49(47)54-40-26-12-21-34-35-23-14-28-52-46(35)36-22-13-27-41(54)45(36)44(34)40/h2-28H. The van der Waals surface area contributed by atoms with Crippen molar-refractivity contribution in [1.29, 1.82) is 5.26 Å². The first kappa shape index (κ1) is 29.9. The van der Waals surface area contributed by atoms with Crippen LogP contribution in [-0.4, -0.2) is 14.1 Å². The second-order valence-corrected chi connectivity index (χ2v) is 13.6. The average Bonchev–Trinajstić information content (AvgIpc) is 3.76. The van der Waals surface area contributed by atoms with Crippen molar-refractivity contribution in [2.45, 2.75) is 0 Å². The lowest BCUT2D eigenvalue weighted by molar-refractivity contribution is 1.13. The molecule has 11 rings (SSSR count). The maximum absolute atomic E-state index is 11.5. The molecule has 248 valence electrons. The minimum Gasteiger partial charge on any atom is -0.318 e. The highest BCUT2D eigenvalue weighted by atomic mass is 15.0. The van der Waals surface area contributed by atoms with Gasteiger partial charge in [0.15, 0.2) is 0 Å². The van der Waals surface area contributed by atoms with E-state index in [1.807, 2.05) is 60.8 Å². The molecule has 0 saturated carbocycles. The largest absolute Gasteiger partial charge is 0.318 e. The van der Waals surface area contributed by atoms with Crippen molar-refractivity contribution in [3.63, 3.8) is 0 Å². The molecule has 0 aliphatic heterocycles. The Morgan fingerprint density at radius 2 is 0.981 bits per heavy atom. The van der Waals surface area contributed by atoms with Crippen molar-refractivity contribution in [3.8, 4) is 39.7 Å². The Morgan fingerprint density at radius 3 is 1.61 bits per heavy atom. The van der Waals surface area contributed by atoms with Crippen LogP contribution in [0.5, 0.6) is 0 Å². The van der Waals surface area contributed by atoms with Gasteiger partial charge >= 0.3 is 0 Å². The number of aromatic nitrogens is 3. The van der Waals surface area contributed by atoms with Gasteiger partial charge in [-0.25, -0.2) is 4.85 Å². The first-order valence-electron chi connectivity index (χ1n) is 17.9. The molecule has 0 atom stereocenters. The monoisotopic (exact) mass is 685 g/mol. The number of para-hydroxylation sites is 2. The summed E-state index contributed by atoms with van der Waals surface area (Å²) in [7, 11) is 0. The van der Waals surface area contributed by atoms with Gasteiger partial charge < -0.3 is 9.13 Å². The Labute approximate surface area is 310 Å². The van der Waals surface area contributed by atoms with Crippen molar-refractivity contribution in [2.75, 3.05) is 0 Å². The molecule has 8 aromatic carbocycles. The van der Waals surface area contributed by atoms with Crippen molar-refractivity contribution < 1.29 is 0 Å². The number of rotatable bonds is 4. The van der Waals surface area contributed by atoms with Crippen LogP contribution in [0.2, 0.25) is 0 Å². The predicted octanol–water partition coefficient (Wildman–Crippen LogP) is 12.8. The molecule has 0 amide bonds. The smallest absolute Gasteiger partial charge is 0.220 e. The van der Waals surface area contributed by atoms with Gasteiger partial charge in [-0.2, -0.15) is 5.26 Å². The number of fused-ring (bicyclic) bond motifs is 6. The summed E-state index contributed by atoms with van der Waals surface area (Å²) >= 11 is 0. The Bertz CT molecular complexity index is 3250. The molecule has 0 spiro atoms. The van der Waals surface area contributed by atoms with E-state index in [2.05, 4.69) is 123 Å². The zero-order valence-electron chi connectivity index (χ0n) is 28.8. The summed E-state index contributed by atoms with van der Waals surface area (Å²) in [6.07, 6.45) is 1.86. The van der Waals surface area contributed by atoms with E-state index in [9.17, 15) is 5.26 Å². The molecular formula is C49H27N5. The van der Waals surface area contributed by atoms with Crippen LogP contribution in [0.15, 0.2) is 164 Å². The van der Waals surface area contributed by atoms with Crippen LogP contribution >= 0.6 is 0 Å². The number of nitrogens with zero attached hydrogens (tertiary/aromatic N) is 5. The van der Waals surface area contributed by atoms with Gasteiger partial charge in [-0.15, -0.1) is 0 Å². The van der Waals surface area contributed by atoms with E-state index in [-0.39, 0.29) is 0 Å². The molecule has 0 fully saturated rings. The van der Waals surface area contributed by atoms with Gasteiger partial charge in [-0.05, 0) is 46.8 Å². The lowest BCUT2D eigenvalue weighted by Gasteiger charge is -2.25. The Hall–Kier alpha value is -7.73. The van der Waals surface area contributed by atoms with Crippen LogP contribution in [0, 0.1) is 17.9 Å². The molecule has 0 aliphatic carbocycles. The third-order valence-electron chi connectivity index (χ3n) is 11.0. The summed E-state index contributed by atoms with van der Waals surface area (Å²) in [5.74, 6) is 0. The number of pyridine rings is 1. The van der Waals surface area contributed by atoms with Crippen molar-refractivity contribution >= 4 is 71.0 Å². The summed E-state index contributed by atoms with van der Waals surface area (Å²) in [5.41, 5.74) is 10.4. The van der Waals surface area contributed by atoms with Crippen molar-refractivity contribution in [1.82, 2.24) is 14.1 Å². The Kier molecular flexibility index (Phi) is 6.32. The van der Waals surface area contributed by atoms with Crippen molar-refractivity contribution in [2.24, 2.45) is 0 Å². The van der Waals surface area contributed by atoms with Crippen LogP contribution in [0.1, 0.15) is 5.56 Å². The van der Waals surface area contributed by atoms with E-state index in [1.54, 1.807) is 0 Å². The highest BCUT2D eigenvalue weighted by molar-refractivity contribution is 6.34. The molecule has 5 nitrogen and oxygen atoms in total. The Morgan fingerprint density at radius 1 is 0.481 bits per heavy atom. The fourth-order valence-corrected chi connectivity index (χ4v) is 8.91. The summed E-state index contributed by atoms with van der Waals surface area (Å²) in [5, 5.41) is 19.1. The van der Waals surface area contributed by atoms with E-state index < -0.39 is 0 Å². The zero-order chi connectivity index (χ0) is 35.9. The van der Waals surface area contributed by atoms with Crippen LogP contribution in [-0.2, 0) is 0 Å². The summed E-state index contributed by atoms with van der Waals surface area (Å²) < 4.78 is 4.53. The maximum atomic E-state index is 11.5. The maximum Gasteiger partial charge on any atom is 0.220 e. The fraction of sp³-hybridized carbons (Fsp3) is 0. The summed E-state index contributed by atoms with van der Waals surface area (Å²) in [6, 6.07) is 56.6. The number of hydrogen-bond acceptors (Lipinski definition) is 2. The van der Waals surface area contributed by atoms with Gasteiger partial charge in [0.2, 0.25) is 5.69 Å². The van der Waals surface area contributed by atoms with Gasteiger partial charge in [0.05, 0.1) is 51.1 Å². The highest BCUT2D eigenvalue weighted by Gasteiger charge is 2.32. The molecule has 3 heterocycles. The van der Waals surface area contributed by atoms with E-state index in [0.29, 0.717) is 16.8 Å². The molecule has 5 heteroatoms. The molecule has 0 saturated heterocycles. The molecular weight excluding hydrogens is 659 g/mol. The zero-order valence-corrected chi connectivity index (χ0v) is 28.8. The summed E-state index contributed by atoms with van der Waals surface area (Å²) in [4.78, 5) is 9.31. The second-order valence-electron chi connectivity index (χ2n) is 13.6. The normalized spacial score (nSPS) is 11.7. The molecule has 3 aromatic heterocycles. The van der Waals surface area contributed by atoms with Gasteiger partial charge in [0.25, 0.3) is 0 Å². The Balaban J connectivity index is 1.46. The van der Waals surface area contributed by atoms with Gasteiger partial charge in [-0.1, -0.05) is 127 Å². The van der Waals surface area contributed by atoms with Crippen molar-refractivity contribution in [3.05, 3.63) is 181 Å². The molecule has 0 bridgehead atoms. The van der Waals surface area contributed by atoms with Crippen LogP contribution in [0.3, 0.4) is 0 Å². The molecule has 0 N–H and O–H groups in total. The highest BCUT2D eigenvalue weighted by Crippen LogP contribution is 2.53. The van der Waals surface area contributed by atoms with E-state index in [0.717, 1.165) is 93.4 Å². The third-order valence-corrected chi connectivity index (χ3v) is 11.0. The minimum atomic E-state index is 0.422. The SMILES string of the molecule is [C-]#[N+]c1c(-c2ccccc2)c(C#N)c(-n2c3ccccc3c3ccccc32)c(-c2ccccc2)c1-n1c2cccc3c4cccnc4c4cccc1c4c32. The van der Waals surface area contributed by atoms with Gasteiger partial charge in [0, 0.05) is 49.6 Å². The van der Waals surface area contributed by atoms with Crippen LogP contribution in [0.4, 0.5) is 5.69 Å². The van der Waals surface area contributed by atoms with Crippen LogP contribution in [0.25, 0.3) is 104 Å². The van der Waals surface area contributed by atoms with Crippen LogP contribution < -0.4 is 0 Å². The molecule has 0 unspecified atom stereocenters. The fourth-order valence-electron chi connectivity index (χ4n) is 8.91. The van der Waals surface area contributed by atoms with E-state index in [1.165, 1.54) is 0 Å². The number of benzene rings is 8. The number of nitriles is 1. The first-order chi connectivity index (χ1) is 26.8. The molecule has 11 aromatic rings. The lowest BCUT2D eigenvalue weighted by atomic mass is 9.88.